The van der Waals surface area contributed by atoms with Crippen molar-refractivity contribution in [3.05, 3.63) is 70.5 Å². The Hall–Kier alpha value is -3.26. The van der Waals surface area contributed by atoms with E-state index in [-0.39, 0.29) is 43.2 Å². The van der Waals surface area contributed by atoms with Crippen molar-refractivity contribution in [1.29, 1.82) is 0 Å². The number of Topliss-reactive ketones (excluding diaryl/α,β-unsaturated/α-hetero) is 1. The van der Waals surface area contributed by atoms with Gasteiger partial charge in [0.05, 0.1) is 23.1 Å². The van der Waals surface area contributed by atoms with E-state index in [0.29, 0.717) is 11.8 Å². The van der Waals surface area contributed by atoms with Crippen LogP contribution in [0.4, 0.5) is 0 Å². The zero-order chi connectivity index (χ0) is 24.7. The Kier molecular flexibility index (Phi) is 8.39. The fourth-order valence-corrected chi connectivity index (χ4v) is 4.62. The Morgan fingerprint density at radius 1 is 1.03 bits per heavy atom. The van der Waals surface area contributed by atoms with Crippen LogP contribution in [0.15, 0.2) is 59.4 Å². The van der Waals surface area contributed by atoms with Gasteiger partial charge in [-0.1, -0.05) is 54.0 Å². The molecule has 0 radical (unpaired) electrons. The van der Waals surface area contributed by atoms with Crippen LogP contribution in [0.25, 0.3) is 10.1 Å². The monoisotopic (exact) mass is 482 g/mol. The maximum Gasteiger partial charge on any atom is 0.308 e. The number of fused-ring (bicyclic) bond motifs is 1. The highest BCUT2D eigenvalue weighted by atomic mass is 32.1. The van der Waals surface area contributed by atoms with Crippen LogP contribution >= 0.6 is 11.5 Å². The third-order valence-corrected chi connectivity index (χ3v) is 6.16. The first kappa shape index (κ1) is 25.4. The molecule has 8 heteroatoms. The summed E-state index contributed by atoms with van der Waals surface area (Å²) in [6.07, 6.45) is 0.423. The molecule has 0 bridgehead atoms. The Bertz CT molecular complexity index is 1210. The number of hydrogen-bond acceptors (Lipinski definition) is 6. The average Bonchev–Trinajstić information content (AvgIpc) is 3.08. The number of ether oxygens (including phenoxy) is 1. The van der Waals surface area contributed by atoms with Gasteiger partial charge in [-0.3, -0.25) is 23.1 Å². The summed E-state index contributed by atoms with van der Waals surface area (Å²) in [5.41, 5.74) is 0.144. The third kappa shape index (κ3) is 7.38. The van der Waals surface area contributed by atoms with Gasteiger partial charge in [-0.05, 0) is 44.9 Å². The van der Waals surface area contributed by atoms with Gasteiger partial charge < -0.3 is 10.1 Å². The average molecular weight is 483 g/mol. The quantitative estimate of drug-likeness (QED) is 0.445. The van der Waals surface area contributed by atoms with Crippen LogP contribution in [0.2, 0.25) is 0 Å². The van der Waals surface area contributed by atoms with Crippen molar-refractivity contribution < 1.29 is 19.1 Å². The number of nitrogens with one attached hydrogen (secondary N) is 1. The van der Waals surface area contributed by atoms with E-state index in [1.165, 1.54) is 15.5 Å². The summed E-state index contributed by atoms with van der Waals surface area (Å²) in [5.74, 6) is -1.51. The third-order valence-electron chi connectivity index (χ3n) is 5.09. The Labute approximate surface area is 202 Å². The summed E-state index contributed by atoms with van der Waals surface area (Å²) in [4.78, 5) is 50.3. The molecule has 1 amide bonds. The van der Waals surface area contributed by atoms with Crippen molar-refractivity contribution in [3.8, 4) is 0 Å². The van der Waals surface area contributed by atoms with E-state index in [1.54, 1.807) is 32.9 Å². The van der Waals surface area contributed by atoms with E-state index in [0.717, 1.165) is 10.3 Å². The molecule has 0 fully saturated rings. The number of aromatic nitrogens is 1. The number of rotatable bonds is 10. The molecule has 1 heterocycles. The Morgan fingerprint density at radius 3 is 2.38 bits per heavy atom. The molecule has 2 aromatic carbocycles. The highest BCUT2D eigenvalue weighted by Crippen LogP contribution is 2.18. The van der Waals surface area contributed by atoms with Gasteiger partial charge in [0.15, 0.2) is 5.78 Å². The van der Waals surface area contributed by atoms with Gasteiger partial charge in [-0.15, -0.1) is 0 Å². The molecular weight excluding hydrogens is 452 g/mol. The molecule has 180 valence electrons. The van der Waals surface area contributed by atoms with Gasteiger partial charge in [0, 0.05) is 18.9 Å². The molecule has 0 aliphatic rings. The van der Waals surface area contributed by atoms with Crippen molar-refractivity contribution in [1.82, 2.24) is 9.27 Å². The van der Waals surface area contributed by atoms with E-state index < -0.39 is 17.5 Å². The zero-order valence-corrected chi connectivity index (χ0v) is 20.5. The lowest BCUT2D eigenvalue weighted by atomic mass is 9.93. The molecule has 7 nitrogen and oxygen atoms in total. The molecule has 0 spiro atoms. The summed E-state index contributed by atoms with van der Waals surface area (Å²) < 4.78 is 7.53. The van der Waals surface area contributed by atoms with Crippen LogP contribution in [-0.4, -0.2) is 33.8 Å². The minimum Gasteiger partial charge on any atom is -0.460 e. The Morgan fingerprint density at radius 2 is 1.71 bits per heavy atom. The van der Waals surface area contributed by atoms with Crippen molar-refractivity contribution in [2.75, 3.05) is 6.54 Å². The molecule has 0 saturated heterocycles. The lowest BCUT2D eigenvalue weighted by molar-refractivity contribution is -0.154. The highest BCUT2D eigenvalue weighted by Gasteiger charge is 2.24. The van der Waals surface area contributed by atoms with Gasteiger partial charge in [-0.2, -0.15) is 0 Å². The zero-order valence-electron chi connectivity index (χ0n) is 19.7. The summed E-state index contributed by atoms with van der Waals surface area (Å²) in [6.45, 7) is 5.41. The largest absolute Gasteiger partial charge is 0.460 e. The van der Waals surface area contributed by atoms with Gasteiger partial charge in [0.25, 0.3) is 5.56 Å². The number of ketones is 1. The second-order valence-corrected chi connectivity index (χ2v) is 10.2. The Balaban J connectivity index is 1.65. The first-order valence-electron chi connectivity index (χ1n) is 11.3. The lowest BCUT2D eigenvalue weighted by Crippen LogP contribution is -2.36. The van der Waals surface area contributed by atoms with E-state index >= 15 is 0 Å². The number of carbonyl (C=O) groups is 3. The predicted octanol–water partition coefficient (Wildman–Crippen LogP) is 3.73. The summed E-state index contributed by atoms with van der Waals surface area (Å²) in [7, 11) is 0. The van der Waals surface area contributed by atoms with E-state index in [1.807, 2.05) is 42.5 Å². The van der Waals surface area contributed by atoms with E-state index in [2.05, 4.69) is 5.32 Å². The number of hydrogen-bond donors (Lipinski definition) is 1. The number of nitrogens with zero attached hydrogens (tertiary/aromatic N) is 1. The first-order valence-corrected chi connectivity index (χ1v) is 12.0. The lowest BCUT2D eigenvalue weighted by Gasteiger charge is -2.20. The second kappa shape index (κ2) is 11.2. The first-order chi connectivity index (χ1) is 16.1. The fraction of sp³-hybridized carbons (Fsp3) is 0.385. The maximum atomic E-state index is 12.9. The molecular formula is C26H30N2O5S. The molecule has 1 unspecified atom stereocenters. The molecule has 34 heavy (non-hydrogen) atoms. The number of carbonyl (C=O) groups excluding carboxylic acids is 3. The van der Waals surface area contributed by atoms with Gasteiger partial charge in [0.2, 0.25) is 5.91 Å². The van der Waals surface area contributed by atoms with Crippen LogP contribution < -0.4 is 10.9 Å². The molecule has 3 rings (SSSR count). The van der Waals surface area contributed by atoms with Crippen LogP contribution in [-0.2, 0) is 32.1 Å². The molecule has 3 aromatic rings. The summed E-state index contributed by atoms with van der Waals surface area (Å²) >= 11 is 1.24. The molecule has 1 N–H and O–H groups in total. The minimum atomic E-state index is -0.612. The van der Waals surface area contributed by atoms with Crippen LogP contribution in [0.3, 0.4) is 0 Å². The van der Waals surface area contributed by atoms with E-state index in [9.17, 15) is 19.2 Å². The van der Waals surface area contributed by atoms with Crippen molar-refractivity contribution in [2.45, 2.75) is 52.2 Å². The topological polar surface area (TPSA) is 94.5 Å². The minimum absolute atomic E-state index is 0.00610. The number of esters is 1. The smallest absolute Gasteiger partial charge is 0.308 e. The second-order valence-electron chi connectivity index (χ2n) is 9.19. The van der Waals surface area contributed by atoms with Crippen molar-refractivity contribution in [3.63, 3.8) is 0 Å². The van der Waals surface area contributed by atoms with Crippen molar-refractivity contribution in [2.24, 2.45) is 5.92 Å². The molecule has 1 atom stereocenters. The van der Waals surface area contributed by atoms with Gasteiger partial charge >= 0.3 is 5.97 Å². The number of benzene rings is 2. The van der Waals surface area contributed by atoms with Crippen LogP contribution in [0.5, 0.6) is 0 Å². The molecule has 0 saturated carbocycles. The van der Waals surface area contributed by atoms with Crippen LogP contribution in [0.1, 0.15) is 39.2 Å². The predicted molar refractivity (Wildman–Crippen MR) is 133 cm³/mol. The molecule has 1 aromatic heterocycles. The summed E-state index contributed by atoms with van der Waals surface area (Å²) in [6, 6.07) is 16.7. The molecule has 0 aliphatic heterocycles. The van der Waals surface area contributed by atoms with Gasteiger partial charge in [-0.25, -0.2) is 0 Å². The standard InChI is InChI=1S/C26H30N2O5S/c1-26(2,3)33-23(30)13-14-27-24(31)19(15-18-9-5-4-6-10-18)16-20(29)17-28-25(32)21-11-7-8-12-22(21)34-28/h4-12,19H,13-17H2,1-3H3,(H,27,31). The SMILES string of the molecule is CC(C)(C)OC(=O)CCNC(=O)C(CC(=O)Cn1sc2ccccc2c1=O)Cc1ccccc1. The van der Waals surface area contributed by atoms with Gasteiger partial charge in [0.1, 0.15) is 5.60 Å². The van der Waals surface area contributed by atoms with Crippen molar-refractivity contribution >= 4 is 39.3 Å². The van der Waals surface area contributed by atoms with Crippen LogP contribution in [0, 0.1) is 5.92 Å². The van der Waals surface area contributed by atoms with E-state index in [4.69, 9.17) is 4.74 Å². The normalized spacial score (nSPS) is 12.3. The fourth-order valence-electron chi connectivity index (χ4n) is 3.60. The maximum absolute atomic E-state index is 12.9. The highest BCUT2D eigenvalue weighted by molar-refractivity contribution is 7.13. The summed E-state index contributed by atoms with van der Waals surface area (Å²) in [5, 5.41) is 3.35. The number of amides is 1. The molecule has 0 aliphatic carbocycles.